The molecule has 0 radical (unpaired) electrons. The van der Waals surface area contributed by atoms with E-state index >= 15 is 0 Å². The first kappa shape index (κ1) is 13.6. The molecule has 0 aromatic carbocycles. The highest BCUT2D eigenvalue weighted by atomic mass is 32.2. The van der Waals surface area contributed by atoms with Gasteiger partial charge in [-0.05, 0) is 12.8 Å². The van der Waals surface area contributed by atoms with Crippen LogP contribution in [0.4, 0.5) is 0 Å². The maximum atomic E-state index is 11.7. The van der Waals surface area contributed by atoms with Crippen LogP contribution in [0.1, 0.15) is 12.8 Å². The van der Waals surface area contributed by atoms with Crippen molar-refractivity contribution in [1.29, 1.82) is 0 Å². The van der Waals surface area contributed by atoms with Crippen molar-refractivity contribution in [2.75, 3.05) is 6.61 Å². The highest BCUT2D eigenvalue weighted by Crippen LogP contribution is 2.55. The zero-order valence-electron chi connectivity index (χ0n) is 10.6. The normalized spacial score (nSPS) is 39.5. The summed E-state index contributed by atoms with van der Waals surface area (Å²) in [6.45, 7) is 2.69. The highest BCUT2D eigenvalue weighted by molar-refractivity contribution is 7.87. The molecule has 8 heteroatoms. The number of carbonyl (C=O) groups is 2. The molecule has 1 heterocycles. The fraction of sp³-hybridized carbons (Fsp3) is 0.667. The van der Waals surface area contributed by atoms with Crippen LogP contribution in [0.5, 0.6) is 0 Å². The largest absolute Gasteiger partial charge is 0.457 e. The zero-order chi connectivity index (χ0) is 14.5. The second-order valence-corrected chi connectivity index (χ2v) is 7.04. The maximum Gasteiger partial charge on any atom is 0.344 e. The SMILES string of the molecule is C=CC(=O)OCC(=O)OC1C2CC3C1OS(=O)(=O)C3C2. The molecule has 2 saturated carbocycles. The Morgan fingerprint density at radius 2 is 2.10 bits per heavy atom. The number of rotatable bonds is 4. The molecular weight excluding hydrogens is 288 g/mol. The van der Waals surface area contributed by atoms with Gasteiger partial charge in [-0.2, -0.15) is 8.42 Å². The zero-order valence-corrected chi connectivity index (χ0v) is 11.4. The van der Waals surface area contributed by atoms with E-state index in [4.69, 9.17) is 8.92 Å². The van der Waals surface area contributed by atoms with Gasteiger partial charge in [-0.3, -0.25) is 4.18 Å². The van der Waals surface area contributed by atoms with E-state index in [1.54, 1.807) is 0 Å². The van der Waals surface area contributed by atoms with Gasteiger partial charge < -0.3 is 9.47 Å². The topological polar surface area (TPSA) is 96.0 Å². The monoisotopic (exact) mass is 302 g/mol. The van der Waals surface area contributed by atoms with Crippen molar-refractivity contribution >= 4 is 22.1 Å². The molecule has 2 aliphatic carbocycles. The molecular formula is C12H14O7S. The van der Waals surface area contributed by atoms with Gasteiger partial charge >= 0.3 is 11.9 Å². The summed E-state index contributed by atoms with van der Waals surface area (Å²) in [7, 11) is -3.52. The second-order valence-electron chi connectivity index (χ2n) is 5.25. The van der Waals surface area contributed by atoms with Crippen molar-refractivity contribution in [3.63, 3.8) is 0 Å². The Kier molecular flexibility index (Phi) is 3.09. The summed E-state index contributed by atoms with van der Waals surface area (Å²) in [5.41, 5.74) is 0. The molecule has 0 N–H and O–H groups in total. The minimum atomic E-state index is -3.52. The van der Waals surface area contributed by atoms with E-state index in [0.29, 0.717) is 12.8 Å². The van der Waals surface area contributed by atoms with Gasteiger partial charge in [-0.1, -0.05) is 6.58 Å². The van der Waals surface area contributed by atoms with Crippen LogP contribution in [0, 0.1) is 11.8 Å². The minimum absolute atomic E-state index is 0.00586. The van der Waals surface area contributed by atoms with Gasteiger partial charge in [0.2, 0.25) is 0 Å². The molecule has 110 valence electrons. The average Bonchev–Trinajstić information content (AvgIpc) is 3.00. The number of hydrogen-bond acceptors (Lipinski definition) is 7. The number of hydrogen-bond donors (Lipinski definition) is 0. The minimum Gasteiger partial charge on any atom is -0.457 e. The third-order valence-corrected chi connectivity index (χ3v) is 5.95. The summed E-state index contributed by atoms with van der Waals surface area (Å²) in [5, 5.41) is -0.453. The Bertz CT molecular complexity index is 566. The van der Waals surface area contributed by atoms with Gasteiger partial charge in [0.25, 0.3) is 10.1 Å². The van der Waals surface area contributed by atoms with Crippen LogP contribution in [0.3, 0.4) is 0 Å². The van der Waals surface area contributed by atoms with Crippen molar-refractivity contribution in [2.45, 2.75) is 30.3 Å². The molecule has 1 aliphatic heterocycles. The first-order valence-electron chi connectivity index (χ1n) is 6.33. The van der Waals surface area contributed by atoms with Gasteiger partial charge in [-0.25, -0.2) is 9.59 Å². The van der Waals surface area contributed by atoms with E-state index in [2.05, 4.69) is 11.3 Å². The summed E-state index contributed by atoms with van der Waals surface area (Å²) in [4.78, 5) is 22.4. The number of esters is 2. The molecule has 0 aromatic rings. The van der Waals surface area contributed by atoms with Crippen molar-refractivity contribution in [3.05, 3.63) is 12.7 Å². The van der Waals surface area contributed by atoms with E-state index in [1.165, 1.54) is 0 Å². The van der Waals surface area contributed by atoms with Gasteiger partial charge in [0.15, 0.2) is 6.61 Å². The third-order valence-electron chi connectivity index (χ3n) is 4.18. The lowest BCUT2D eigenvalue weighted by atomic mass is 9.94. The molecule has 3 rings (SSSR count). The average molecular weight is 302 g/mol. The van der Waals surface area contributed by atoms with E-state index in [-0.39, 0.29) is 11.8 Å². The van der Waals surface area contributed by atoms with Crippen molar-refractivity contribution in [3.8, 4) is 0 Å². The van der Waals surface area contributed by atoms with E-state index in [0.717, 1.165) is 6.08 Å². The summed E-state index contributed by atoms with van der Waals surface area (Å²) in [6.07, 6.45) is 0.959. The van der Waals surface area contributed by atoms with Crippen molar-refractivity contribution in [2.24, 2.45) is 11.8 Å². The Morgan fingerprint density at radius 3 is 2.80 bits per heavy atom. The van der Waals surface area contributed by atoms with Crippen molar-refractivity contribution in [1.82, 2.24) is 0 Å². The lowest BCUT2D eigenvalue weighted by Gasteiger charge is -2.24. The fourth-order valence-electron chi connectivity index (χ4n) is 3.42. The Hall–Kier alpha value is -1.41. The third kappa shape index (κ3) is 2.03. The van der Waals surface area contributed by atoms with E-state index in [1.807, 2.05) is 0 Å². The van der Waals surface area contributed by atoms with Crippen LogP contribution < -0.4 is 0 Å². The summed E-state index contributed by atoms with van der Waals surface area (Å²) in [6, 6.07) is 0. The first-order valence-corrected chi connectivity index (χ1v) is 7.80. The second kappa shape index (κ2) is 4.56. The van der Waals surface area contributed by atoms with Crippen LogP contribution in [0.15, 0.2) is 12.7 Å². The van der Waals surface area contributed by atoms with Gasteiger partial charge in [-0.15, -0.1) is 0 Å². The molecule has 1 saturated heterocycles. The van der Waals surface area contributed by atoms with E-state index < -0.39 is 46.1 Å². The Morgan fingerprint density at radius 1 is 1.35 bits per heavy atom. The highest BCUT2D eigenvalue weighted by Gasteiger charge is 2.65. The molecule has 2 bridgehead atoms. The maximum absolute atomic E-state index is 11.7. The van der Waals surface area contributed by atoms with Gasteiger partial charge in [0, 0.05) is 17.9 Å². The Balaban J connectivity index is 1.62. The molecule has 5 atom stereocenters. The first-order chi connectivity index (χ1) is 9.42. The molecule has 20 heavy (non-hydrogen) atoms. The van der Waals surface area contributed by atoms with E-state index in [9.17, 15) is 18.0 Å². The Labute approximate surface area is 116 Å². The van der Waals surface area contributed by atoms with Crippen LogP contribution in [0.25, 0.3) is 0 Å². The lowest BCUT2D eigenvalue weighted by Crippen LogP contribution is -2.38. The smallest absolute Gasteiger partial charge is 0.344 e. The van der Waals surface area contributed by atoms with Gasteiger partial charge in [0.1, 0.15) is 12.2 Å². The summed E-state index contributed by atoms with van der Waals surface area (Å²) >= 11 is 0. The molecule has 3 fully saturated rings. The molecule has 3 aliphatic rings. The van der Waals surface area contributed by atoms with Crippen LogP contribution in [0.2, 0.25) is 0 Å². The summed E-state index contributed by atoms with van der Waals surface area (Å²) < 4.78 is 38.3. The quantitative estimate of drug-likeness (QED) is 0.402. The molecule has 7 nitrogen and oxygen atoms in total. The predicted molar refractivity (Wildman–Crippen MR) is 64.8 cm³/mol. The van der Waals surface area contributed by atoms with Crippen molar-refractivity contribution < 1.29 is 31.7 Å². The van der Waals surface area contributed by atoms with Crippen LogP contribution in [-0.4, -0.2) is 44.4 Å². The molecule has 0 aromatic heterocycles. The number of ether oxygens (including phenoxy) is 2. The van der Waals surface area contributed by atoms with Crippen LogP contribution in [-0.2, 0) is 33.4 Å². The molecule has 5 unspecified atom stereocenters. The lowest BCUT2D eigenvalue weighted by molar-refractivity contribution is -0.165. The number of carbonyl (C=O) groups excluding carboxylic acids is 2. The standard InChI is InChI=1S/C12H14O7S/c1-2-9(13)17-5-10(14)18-11-6-3-7-8(4-6)20(15,16)19-12(7)11/h2,6-8,11-12H,1,3-5H2. The molecule has 0 spiro atoms. The van der Waals surface area contributed by atoms with Crippen LogP contribution >= 0.6 is 0 Å². The number of fused-ring (bicyclic) bond motifs is 1. The summed E-state index contributed by atoms with van der Waals surface area (Å²) in [5.74, 6) is -1.50. The molecule has 0 amide bonds. The van der Waals surface area contributed by atoms with Gasteiger partial charge in [0.05, 0.1) is 5.25 Å². The fourth-order valence-corrected chi connectivity index (χ4v) is 5.30. The predicted octanol–water partition coefficient (Wildman–Crippen LogP) is -0.236.